The normalized spacial score (nSPS) is 21.3. The molecule has 0 unspecified atom stereocenters. The zero-order valence-electron chi connectivity index (χ0n) is 14.9. The number of aryl methyl sites for hydroxylation is 1. The van der Waals surface area contributed by atoms with E-state index >= 15 is 0 Å². The third-order valence-corrected chi connectivity index (χ3v) is 6.83. The molecule has 3 aliphatic rings. The molecule has 1 aliphatic carbocycles. The van der Waals surface area contributed by atoms with E-state index in [1.54, 1.807) is 6.20 Å². The Balaban J connectivity index is 1.26. The van der Waals surface area contributed by atoms with Crippen molar-refractivity contribution in [2.24, 2.45) is 12.5 Å². The Kier molecular flexibility index (Phi) is 3.50. The fourth-order valence-corrected chi connectivity index (χ4v) is 5.14. The molecule has 0 atom stereocenters. The summed E-state index contributed by atoms with van der Waals surface area (Å²) in [5.41, 5.74) is 1.96. The van der Waals surface area contributed by atoms with E-state index < -0.39 is 0 Å². The number of amides is 2. The highest BCUT2D eigenvalue weighted by molar-refractivity contribution is 7.12. The van der Waals surface area contributed by atoms with Gasteiger partial charge in [0.05, 0.1) is 22.3 Å². The molecule has 2 saturated heterocycles. The maximum atomic E-state index is 13.0. The van der Waals surface area contributed by atoms with Crippen molar-refractivity contribution in [2.75, 3.05) is 26.2 Å². The van der Waals surface area contributed by atoms with Crippen molar-refractivity contribution in [3.05, 3.63) is 39.8 Å². The zero-order valence-corrected chi connectivity index (χ0v) is 15.7. The fourth-order valence-electron chi connectivity index (χ4n) is 4.45. The minimum absolute atomic E-state index is 0.0878. The molecule has 0 aromatic carbocycles. The summed E-state index contributed by atoms with van der Waals surface area (Å²) in [6.45, 7) is 3.05. The van der Waals surface area contributed by atoms with Gasteiger partial charge in [-0.3, -0.25) is 14.3 Å². The van der Waals surface area contributed by atoms with Crippen molar-refractivity contribution in [3.63, 3.8) is 0 Å². The van der Waals surface area contributed by atoms with Gasteiger partial charge in [0.15, 0.2) is 0 Å². The Morgan fingerprint density at radius 2 is 1.96 bits per heavy atom. The van der Waals surface area contributed by atoms with Gasteiger partial charge in [0, 0.05) is 44.6 Å². The van der Waals surface area contributed by atoms with Gasteiger partial charge in [-0.1, -0.05) is 6.07 Å². The van der Waals surface area contributed by atoms with Gasteiger partial charge in [0.25, 0.3) is 11.8 Å². The number of carbonyl (C=O) groups is 2. The van der Waals surface area contributed by atoms with Gasteiger partial charge in [-0.25, -0.2) is 0 Å². The molecule has 2 aromatic heterocycles. The Labute approximate surface area is 156 Å². The quantitative estimate of drug-likeness (QED) is 0.833. The Morgan fingerprint density at radius 1 is 1.19 bits per heavy atom. The number of rotatable bonds is 3. The van der Waals surface area contributed by atoms with E-state index in [1.165, 1.54) is 11.3 Å². The first-order valence-corrected chi connectivity index (χ1v) is 10.1. The molecule has 0 bridgehead atoms. The molecule has 1 saturated carbocycles. The second-order valence-corrected chi connectivity index (χ2v) is 8.90. The van der Waals surface area contributed by atoms with Crippen molar-refractivity contribution in [1.82, 2.24) is 19.6 Å². The van der Waals surface area contributed by atoms with Crippen LogP contribution in [0, 0.1) is 5.41 Å². The number of carbonyl (C=O) groups excluding carboxylic acids is 2. The molecular formula is C19H22N4O2S. The molecule has 5 rings (SSSR count). The van der Waals surface area contributed by atoms with Crippen molar-refractivity contribution in [1.29, 1.82) is 0 Å². The smallest absolute Gasteiger partial charge is 0.263 e. The van der Waals surface area contributed by atoms with Crippen LogP contribution in [0.15, 0.2) is 23.7 Å². The largest absolute Gasteiger partial charge is 0.338 e. The summed E-state index contributed by atoms with van der Waals surface area (Å²) in [4.78, 5) is 30.2. The molecule has 2 amide bonds. The number of hydrogen-bond acceptors (Lipinski definition) is 4. The highest BCUT2D eigenvalue weighted by Crippen LogP contribution is 2.43. The van der Waals surface area contributed by atoms with Crippen molar-refractivity contribution in [3.8, 4) is 0 Å². The third kappa shape index (κ3) is 2.48. The maximum Gasteiger partial charge on any atom is 0.263 e. The topological polar surface area (TPSA) is 58.4 Å². The lowest BCUT2D eigenvalue weighted by atomic mass is 9.79. The summed E-state index contributed by atoms with van der Waals surface area (Å²) in [5, 5.41) is 6.26. The van der Waals surface area contributed by atoms with Crippen LogP contribution in [-0.2, 0) is 7.05 Å². The van der Waals surface area contributed by atoms with Gasteiger partial charge in [-0.2, -0.15) is 5.10 Å². The lowest BCUT2D eigenvalue weighted by molar-refractivity contribution is 0.0114. The van der Waals surface area contributed by atoms with Crippen LogP contribution in [0.2, 0.25) is 0 Å². The fraction of sp³-hybridized carbons (Fsp3) is 0.526. The highest BCUT2D eigenvalue weighted by Gasteiger charge is 2.50. The number of nitrogens with zero attached hydrogens (tertiary/aromatic N) is 4. The Hall–Kier alpha value is -2.15. The molecule has 2 aliphatic heterocycles. The average molecular weight is 370 g/mol. The van der Waals surface area contributed by atoms with Crippen LogP contribution >= 0.6 is 11.3 Å². The predicted molar refractivity (Wildman–Crippen MR) is 98.4 cm³/mol. The second-order valence-electron chi connectivity index (χ2n) is 7.96. The number of hydrogen-bond donors (Lipinski definition) is 0. The molecule has 26 heavy (non-hydrogen) atoms. The van der Waals surface area contributed by atoms with Crippen LogP contribution < -0.4 is 0 Å². The van der Waals surface area contributed by atoms with E-state index in [0.717, 1.165) is 61.6 Å². The van der Waals surface area contributed by atoms with Crippen molar-refractivity contribution >= 4 is 23.2 Å². The highest BCUT2D eigenvalue weighted by atomic mass is 32.1. The Morgan fingerprint density at radius 3 is 2.65 bits per heavy atom. The minimum atomic E-state index is 0.0878. The zero-order chi connectivity index (χ0) is 17.9. The molecule has 1 spiro atoms. The van der Waals surface area contributed by atoms with Crippen LogP contribution in [-0.4, -0.2) is 57.6 Å². The van der Waals surface area contributed by atoms with Gasteiger partial charge in [0.2, 0.25) is 0 Å². The van der Waals surface area contributed by atoms with Crippen LogP contribution in [0.4, 0.5) is 0 Å². The SMILES string of the molecule is Cn1ncc(C(=O)N2CCC3(CN(C(=O)c4cccs4)C3)C2)c1C1CC1. The van der Waals surface area contributed by atoms with E-state index in [0.29, 0.717) is 5.92 Å². The number of likely N-dealkylation sites (tertiary alicyclic amines) is 2. The summed E-state index contributed by atoms with van der Waals surface area (Å²) < 4.78 is 1.86. The lowest BCUT2D eigenvalue weighted by Crippen LogP contribution is -2.59. The Bertz CT molecular complexity index is 862. The standard InChI is InChI=1S/C19H22N4O2S/c1-21-16(13-4-5-13)14(9-20-21)17(24)22-7-6-19(10-22)11-23(12-19)18(25)15-3-2-8-26-15/h2-3,8-9,13H,4-7,10-12H2,1H3. The average Bonchev–Trinajstić information content (AvgIpc) is 3.06. The first-order chi connectivity index (χ1) is 12.6. The van der Waals surface area contributed by atoms with Crippen molar-refractivity contribution in [2.45, 2.75) is 25.2 Å². The number of thiophene rings is 1. The van der Waals surface area contributed by atoms with Crippen LogP contribution in [0.25, 0.3) is 0 Å². The van der Waals surface area contributed by atoms with E-state index in [9.17, 15) is 9.59 Å². The maximum absolute atomic E-state index is 13.0. The summed E-state index contributed by atoms with van der Waals surface area (Å²) in [6.07, 6.45) is 5.02. The summed E-state index contributed by atoms with van der Waals surface area (Å²) >= 11 is 1.49. The van der Waals surface area contributed by atoms with E-state index in [4.69, 9.17) is 0 Å². The van der Waals surface area contributed by atoms with Gasteiger partial charge in [-0.15, -0.1) is 11.3 Å². The molecule has 6 nitrogen and oxygen atoms in total. The van der Waals surface area contributed by atoms with Crippen LogP contribution in [0.5, 0.6) is 0 Å². The molecule has 3 fully saturated rings. The third-order valence-electron chi connectivity index (χ3n) is 5.98. The predicted octanol–water partition coefficient (Wildman–Crippen LogP) is 2.35. The minimum Gasteiger partial charge on any atom is -0.338 e. The molecule has 0 radical (unpaired) electrons. The van der Waals surface area contributed by atoms with Gasteiger partial charge >= 0.3 is 0 Å². The molecular weight excluding hydrogens is 348 g/mol. The van der Waals surface area contributed by atoms with Gasteiger partial charge < -0.3 is 9.80 Å². The van der Waals surface area contributed by atoms with Crippen LogP contribution in [0.1, 0.15) is 50.9 Å². The first kappa shape index (κ1) is 16.1. The van der Waals surface area contributed by atoms with E-state index in [2.05, 4.69) is 5.10 Å². The summed E-state index contributed by atoms with van der Waals surface area (Å²) in [6, 6.07) is 3.79. The first-order valence-electron chi connectivity index (χ1n) is 9.20. The molecule has 0 N–H and O–H groups in total. The van der Waals surface area contributed by atoms with Gasteiger partial charge in [0.1, 0.15) is 0 Å². The van der Waals surface area contributed by atoms with Gasteiger partial charge in [-0.05, 0) is 30.7 Å². The van der Waals surface area contributed by atoms with E-state index in [-0.39, 0.29) is 17.2 Å². The lowest BCUT2D eigenvalue weighted by Gasteiger charge is -2.47. The molecule has 2 aromatic rings. The monoisotopic (exact) mass is 370 g/mol. The van der Waals surface area contributed by atoms with Crippen LogP contribution in [0.3, 0.4) is 0 Å². The van der Waals surface area contributed by atoms with E-state index in [1.807, 2.05) is 39.0 Å². The van der Waals surface area contributed by atoms with Crippen molar-refractivity contribution < 1.29 is 9.59 Å². The molecule has 136 valence electrons. The second kappa shape index (κ2) is 5.67. The number of aromatic nitrogens is 2. The summed E-state index contributed by atoms with van der Waals surface area (Å²) in [5.74, 6) is 0.735. The molecule has 7 heteroatoms. The molecule has 4 heterocycles. The summed E-state index contributed by atoms with van der Waals surface area (Å²) in [7, 11) is 1.93.